The van der Waals surface area contributed by atoms with Crippen molar-refractivity contribution >= 4 is 6.08 Å². The Labute approximate surface area is 78.8 Å². The van der Waals surface area contributed by atoms with E-state index in [1.165, 1.54) is 11.1 Å². The number of rotatable bonds is 0. The fraction of sp³-hybridized carbons (Fsp3) is 0.250. The van der Waals surface area contributed by atoms with Crippen LogP contribution in [0.3, 0.4) is 0 Å². The van der Waals surface area contributed by atoms with Crippen molar-refractivity contribution in [1.82, 2.24) is 4.98 Å². The summed E-state index contributed by atoms with van der Waals surface area (Å²) in [5.41, 5.74) is 3.69. The largest absolute Gasteiger partial charge is 0.257 e. The molecule has 0 fully saturated rings. The van der Waals surface area contributed by atoms with E-state index in [0.29, 0.717) is 5.92 Å². The Morgan fingerprint density at radius 2 is 2.23 bits per heavy atom. The number of pyridine rings is 1. The molecule has 1 atom stereocenters. The van der Waals surface area contributed by atoms with Gasteiger partial charge in [0.25, 0.3) is 0 Å². The number of fused-ring (bicyclic) bond motifs is 1. The molecule has 2 rings (SSSR count). The minimum absolute atomic E-state index is 0.470. The summed E-state index contributed by atoms with van der Waals surface area (Å²) in [6.07, 6.45) is 8.36. The van der Waals surface area contributed by atoms with E-state index in [2.05, 4.69) is 43.1 Å². The lowest BCUT2D eigenvalue weighted by Crippen LogP contribution is -1.93. The summed E-state index contributed by atoms with van der Waals surface area (Å²) in [6, 6.07) is 4.14. The molecule has 13 heavy (non-hydrogen) atoms. The quantitative estimate of drug-likeness (QED) is 0.584. The van der Waals surface area contributed by atoms with Gasteiger partial charge in [0.15, 0.2) is 0 Å². The van der Waals surface area contributed by atoms with Gasteiger partial charge in [0.1, 0.15) is 0 Å². The van der Waals surface area contributed by atoms with Crippen molar-refractivity contribution in [3.05, 3.63) is 47.3 Å². The van der Waals surface area contributed by atoms with E-state index in [4.69, 9.17) is 0 Å². The zero-order valence-electron chi connectivity index (χ0n) is 7.99. The monoisotopic (exact) mass is 171 g/mol. The van der Waals surface area contributed by atoms with Crippen LogP contribution < -0.4 is 0 Å². The molecule has 0 bridgehead atoms. The Morgan fingerprint density at radius 3 is 3.08 bits per heavy atom. The van der Waals surface area contributed by atoms with Crippen molar-refractivity contribution in [2.24, 2.45) is 0 Å². The number of hydrogen-bond donors (Lipinski definition) is 0. The van der Waals surface area contributed by atoms with Crippen molar-refractivity contribution in [2.75, 3.05) is 0 Å². The van der Waals surface area contributed by atoms with E-state index >= 15 is 0 Å². The molecule has 1 heteroatoms. The van der Waals surface area contributed by atoms with Gasteiger partial charge in [0.05, 0.1) is 5.69 Å². The maximum Gasteiger partial charge on any atom is 0.0670 e. The van der Waals surface area contributed by atoms with Gasteiger partial charge in [-0.15, -0.1) is 0 Å². The average Bonchev–Trinajstić information content (AvgIpc) is 2.27. The summed E-state index contributed by atoms with van der Waals surface area (Å²) in [6.45, 7) is 4.30. The molecule has 0 N–H and O–H groups in total. The van der Waals surface area contributed by atoms with Crippen molar-refractivity contribution in [3.8, 4) is 0 Å². The van der Waals surface area contributed by atoms with Crippen LogP contribution in [-0.4, -0.2) is 4.98 Å². The second kappa shape index (κ2) is 3.17. The van der Waals surface area contributed by atoms with Gasteiger partial charge in [-0.3, -0.25) is 4.98 Å². The molecule has 66 valence electrons. The van der Waals surface area contributed by atoms with Crippen molar-refractivity contribution < 1.29 is 0 Å². The molecule has 1 aliphatic rings. The van der Waals surface area contributed by atoms with E-state index in [1.807, 2.05) is 12.3 Å². The third-order valence-electron chi connectivity index (χ3n) is 2.37. The van der Waals surface area contributed by atoms with Crippen LogP contribution in [0.25, 0.3) is 6.08 Å². The highest BCUT2D eigenvalue weighted by atomic mass is 14.7. The van der Waals surface area contributed by atoms with Crippen LogP contribution in [0.15, 0.2) is 36.1 Å². The molecular formula is C12H13N. The highest BCUT2D eigenvalue weighted by Crippen LogP contribution is 2.24. The Bertz CT molecular complexity index is 374. The molecule has 0 amide bonds. The number of aromatic nitrogens is 1. The van der Waals surface area contributed by atoms with E-state index in [0.717, 1.165) is 5.69 Å². The van der Waals surface area contributed by atoms with Gasteiger partial charge in [-0.1, -0.05) is 25.1 Å². The van der Waals surface area contributed by atoms with Crippen LogP contribution >= 0.6 is 0 Å². The number of allylic oxidation sites excluding steroid dienone is 3. The summed E-state index contributed by atoms with van der Waals surface area (Å²) in [4.78, 5) is 4.36. The molecule has 1 aromatic heterocycles. The van der Waals surface area contributed by atoms with Gasteiger partial charge in [-0.05, 0) is 30.2 Å². The van der Waals surface area contributed by atoms with Crippen LogP contribution in [0.2, 0.25) is 0 Å². The van der Waals surface area contributed by atoms with Gasteiger partial charge >= 0.3 is 0 Å². The van der Waals surface area contributed by atoms with Crippen LogP contribution in [0, 0.1) is 0 Å². The summed E-state index contributed by atoms with van der Waals surface area (Å²) in [5, 5.41) is 0. The highest BCUT2D eigenvalue weighted by Gasteiger charge is 2.09. The van der Waals surface area contributed by atoms with Crippen molar-refractivity contribution in [2.45, 2.75) is 19.8 Å². The number of nitrogens with zero attached hydrogens (tertiary/aromatic N) is 1. The first-order valence-electron chi connectivity index (χ1n) is 4.59. The van der Waals surface area contributed by atoms with Gasteiger partial charge in [-0.25, -0.2) is 0 Å². The van der Waals surface area contributed by atoms with Crippen molar-refractivity contribution in [1.29, 1.82) is 0 Å². The summed E-state index contributed by atoms with van der Waals surface area (Å²) < 4.78 is 0. The zero-order chi connectivity index (χ0) is 9.26. The summed E-state index contributed by atoms with van der Waals surface area (Å²) in [7, 11) is 0. The third-order valence-corrected chi connectivity index (χ3v) is 2.37. The topological polar surface area (TPSA) is 12.9 Å². The average molecular weight is 171 g/mol. The van der Waals surface area contributed by atoms with Crippen LogP contribution in [-0.2, 0) is 0 Å². The normalized spacial score (nSPS) is 20.5. The lowest BCUT2D eigenvalue weighted by molar-refractivity contribution is 0.950. The molecule has 1 nitrogen and oxygen atoms in total. The smallest absolute Gasteiger partial charge is 0.0670 e. The lowest BCUT2D eigenvalue weighted by atomic mass is 10.0. The molecule has 0 spiro atoms. The third kappa shape index (κ3) is 1.55. The standard InChI is InChI=1S/C12H13N/c1-9-5-6-10(2)11-4-3-7-13-12(11)8-9/h3-8,10H,1-2H3/t10-/m0/s1. The zero-order valence-corrected chi connectivity index (χ0v) is 7.99. The molecular weight excluding hydrogens is 158 g/mol. The lowest BCUT2D eigenvalue weighted by Gasteiger charge is -2.07. The van der Waals surface area contributed by atoms with Crippen LogP contribution in [0.1, 0.15) is 31.0 Å². The van der Waals surface area contributed by atoms with Gasteiger partial charge in [-0.2, -0.15) is 0 Å². The minimum atomic E-state index is 0.470. The molecule has 1 aliphatic carbocycles. The Kier molecular flexibility index (Phi) is 2.01. The predicted molar refractivity (Wildman–Crippen MR) is 55.4 cm³/mol. The van der Waals surface area contributed by atoms with E-state index < -0.39 is 0 Å². The van der Waals surface area contributed by atoms with Gasteiger partial charge in [0, 0.05) is 12.1 Å². The maximum atomic E-state index is 4.36. The molecule has 0 aliphatic heterocycles. The van der Waals surface area contributed by atoms with E-state index in [-0.39, 0.29) is 0 Å². The highest BCUT2D eigenvalue weighted by molar-refractivity contribution is 5.58. The fourth-order valence-corrected chi connectivity index (χ4v) is 1.60. The summed E-state index contributed by atoms with van der Waals surface area (Å²) >= 11 is 0. The maximum absolute atomic E-state index is 4.36. The Balaban J connectivity index is 2.59. The molecule has 1 heterocycles. The molecule has 0 saturated carbocycles. The van der Waals surface area contributed by atoms with Crippen LogP contribution in [0.5, 0.6) is 0 Å². The summed E-state index contributed by atoms with van der Waals surface area (Å²) in [5.74, 6) is 0.470. The molecule has 0 unspecified atom stereocenters. The minimum Gasteiger partial charge on any atom is -0.257 e. The second-order valence-electron chi connectivity index (χ2n) is 3.51. The second-order valence-corrected chi connectivity index (χ2v) is 3.51. The first kappa shape index (κ1) is 8.24. The van der Waals surface area contributed by atoms with Gasteiger partial charge in [0.2, 0.25) is 0 Å². The Hall–Kier alpha value is -1.37. The van der Waals surface area contributed by atoms with Gasteiger partial charge < -0.3 is 0 Å². The van der Waals surface area contributed by atoms with Crippen LogP contribution in [0.4, 0.5) is 0 Å². The molecule has 0 aromatic carbocycles. The van der Waals surface area contributed by atoms with E-state index in [9.17, 15) is 0 Å². The van der Waals surface area contributed by atoms with E-state index in [1.54, 1.807) is 0 Å². The first-order chi connectivity index (χ1) is 6.27. The molecule has 1 aromatic rings. The first-order valence-corrected chi connectivity index (χ1v) is 4.59. The Morgan fingerprint density at radius 1 is 1.38 bits per heavy atom. The predicted octanol–water partition coefficient (Wildman–Crippen LogP) is 3.16. The molecule has 0 radical (unpaired) electrons. The molecule has 0 saturated heterocycles. The number of hydrogen-bond acceptors (Lipinski definition) is 1. The van der Waals surface area contributed by atoms with Crippen molar-refractivity contribution in [3.63, 3.8) is 0 Å². The fourth-order valence-electron chi connectivity index (χ4n) is 1.60. The SMILES string of the molecule is CC1=Cc2ncccc2[C@@H](C)C=C1.